The number of carbonyl (C=O) groups is 1. The quantitative estimate of drug-likeness (QED) is 0.753. The number of carbonyl (C=O) groups excluding carboxylic acids is 1. The third kappa shape index (κ3) is 4.04. The van der Waals surface area contributed by atoms with Crippen molar-refractivity contribution >= 4 is 5.91 Å². The van der Waals surface area contributed by atoms with Crippen LogP contribution in [0.25, 0.3) is 0 Å². The van der Waals surface area contributed by atoms with Gasteiger partial charge in [0.25, 0.3) is 0 Å². The van der Waals surface area contributed by atoms with Crippen LogP contribution in [0.3, 0.4) is 0 Å². The van der Waals surface area contributed by atoms with Gasteiger partial charge in [0.1, 0.15) is 0 Å². The van der Waals surface area contributed by atoms with Crippen molar-refractivity contribution in [1.29, 1.82) is 0 Å². The summed E-state index contributed by atoms with van der Waals surface area (Å²) in [5.74, 6) is 0.388. The Labute approximate surface area is 126 Å². The fourth-order valence-corrected chi connectivity index (χ4v) is 2.94. The topological polar surface area (TPSA) is 62.2 Å². The maximum Gasteiger partial charge on any atom is 0.225 e. The maximum absolute atomic E-state index is 12.4. The molecule has 0 unspecified atom stereocenters. The van der Waals surface area contributed by atoms with Crippen LogP contribution in [0.2, 0.25) is 0 Å². The zero-order valence-corrected chi connectivity index (χ0v) is 13.3. The second kappa shape index (κ2) is 7.56. The molecule has 1 fully saturated rings. The molecule has 21 heavy (non-hydrogen) atoms. The molecule has 6 nitrogen and oxygen atoms in total. The van der Waals surface area contributed by atoms with Crippen molar-refractivity contribution in [2.75, 3.05) is 39.3 Å². The minimum absolute atomic E-state index is 0.00547. The van der Waals surface area contributed by atoms with Gasteiger partial charge >= 0.3 is 0 Å². The van der Waals surface area contributed by atoms with E-state index in [-0.39, 0.29) is 17.7 Å². The third-order valence-corrected chi connectivity index (χ3v) is 4.33. The second-order valence-corrected chi connectivity index (χ2v) is 5.64. The predicted octanol–water partition coefficient (Wildman–Crippen LogP) is 0.181. The van der Waals surface area contributed by atoms with Gasteiger partial charge in [0, 0.05) is 45.3 Å². The number of hydrogen-bond donors (Lipinski definition) is 2. The minimum atomic E-state index is 0.00547. The van der Waals surface area contributed by atoms with Crippen molar-refractivity contribution < 1.29 is 4.79 Å². The lowest BCUT2D eigenvalue weighted by Crippen LogP contribution is -2.39. The number of nitrogens with zero attached hydrogens (tertiary/aromatic N) is 3. The molecule has 2 N–H and O–H groups in total. The van der Waals surface area contributed by atoms with Crippen LogP contribution in [-0.4, -0.2) is 59.9 Å². The molecule has 1 amide bonds. The molecule has 2 heterocycles. The third-order valence-electron chi connectivity index (χ3n) is 4.33. The Morgan fingerprint density at radius 2 is 2.24 bits per heavy atom. The van der Waals surface area contributed by atoms with Crippen molar-refractivity contribution in [3.63, 3.8) is 0 Å². The molecular weight excluding hydrogens is 266 g/mol. The monoisotopic (exact) mass is 293 g/mol. The number of likely N-dealkylation sites (N-methyl/N-ethyl adjacent to an activating group) is 1. The highest BCUT2D eigenvalue weighted by Gasteiger charge is 2.34. The molecule has 2 rings (SSSR count). The van der Waals surface area contributed by atoms with Gasteiger partial charge in [-0.15, -0.1) is 0 Å². The summed E-state index contributed by atoms with van der Waals surface area (Å²) >= 11 is 0. The molecule has 1 aliphatic heterocycles. The Hall–Kier alpha value is -1.40. The van der Waals surface area contributed by atoms with Crippen molar-refractivity contribution in [2.24, 2.45) is 13.0 Å². The summed E-state index contributed by atoms with van der Waals surface area (Å²) in [5, 5.41) is 10.6. The predicted molar refractivity (Wildman–Crippen MR) is 83.1 cm³/mol. The van der Waals surface area contributed by atoms with Crippen LogP contribution in [0.15, 0.2) is 12.4 Å². The molecular formula is C15H27N5O. The van der Waals surface area contributed by atoms with Gasteiger partial charge in [0.15, 0.2) is 0 Å². The Morgan fingerprint density at radius 1 is 1.48 bits per heavy atom. The van der Waals surface area contributed by atoms with Gasteiger partial charge < -0.3 is 15.5 Å². The van der Waals surface area contributed by atoms with Crippen LogP contribution in [0.5, 0.6) is 0 Å². The van der Waals surface area contributed by atoms with Gasteiger partial charge in [-0.05, 0) is 18.7 Å². The molecule has 1 aromatic heterocycles. The molecule has 0 spiro atoms. The molecule has 1 aromatic rings. The minimum Gasteiger partial charge on any atom is -0.355 e. The lowest BCUT2D eigenvalue weighted by molar-refractivity contribution is -0.124. The smallest absolute Gasteiger partial charge is 0.225 e. The van der Waals surface area contributed by atoms with E-state index in [2.05, 4.69) is 34.5 Å². The fraction of sp³-hybridized carbons (Fsp3) is 0.733. The first-order chi connectivity index (χ1) is 10.2. The molecule has 0 saturated carbocycles. The van der Waals surface area contributed by atoms with E-state index in [0.29, 0.717) is 0 Å². The van der Waals surface area contributed by atoms with E-state index in [1.807, 2.05) is 19.4 Å². The summed E-state index contributed by atoms with van der Waals surface area (Å²) in [6, 6.07) is 0. The SMILES string of the molecule is CCN(CC)CCNC(=O)[C@H]1CNC[C@@H]1c1cnn(C)c1. The first kappa shape index (κ1) is 16.0. The molecule has 2 atom stereocenters. The van der Waals surface area contributed by atoms with Crippen molar-refractivity contribution in [2.45, 2.75) is 19.8 Å². The Morgan fingerprint density at radius 3 is 2.86 bits per heavy atom. The normalized spacial score (nSPS) is 21.9. The van der Waals surface area contributed by atoms with E-state index in [9.17, 15) is 4.79 Å². The van der Waals surface area contributed by atoms with Crippen LogP contribution in [0.4, 0.5) is 0 Å². The Kier molecular flexibility index (Phi) is 5.76. The van der Waals surface area contributed by atoms with Crippen molar-refractivity contribution in [1.82, 2.24) is 25.3 Å². The van der Waals surface area contributed by atoms with E-state index in [1.165, 1.54) is 0 Å². The summed E-state index contributed by atoms with van der Waals surface area (Å²) in [4.78, 5) is 14.7. The first-order valence-electron chi connectivity index (χ1n) is 7.85. The van der Waals surface area contributed by atoms with Crippen LogP contribution in [0.1, 0.15) is 25.3 Å². The number of nitrogens with one attached hydrogen (secondary N) is 2. The highest BCUT2D eigenvalue weighted by molar-refractivity contribution is 5.80. The molecule has 1 aliphatic rings. The van der Waals surface area contributed by atoms with E-state index < -0.39 is 0 Å². The number of amides is 1. The molecule has 0 bridgehead atoms. The molecule has 0 radical (unpaired) electrons. The van der Waals surface area contributed by atoms with Gasteiger partial charge in [-0.2, -0.15) is 5.10 Å². The van der Waals surface area contributed by atoms with Gasteiger partial charge in [0.2, 0.25) is 5.91 Å². The lowest BCUT2D eigenvalue weighted by Gasteiger charge is -2.20. The summed E-state index contributed by atoms with van der Waals surface area (Å²) in [7, 11) is 1.91. The Balaban J connectivity index is 1.86. The van der Waals surface area contributed by atoms with E-state index in [0.717, 1.165) is 44.8 Å². The summed E-state index contributed by atoms with van der Waals surface area (Å²) in [6.07, 6.45) is 3.88. The van der Waals surface area contributed by atoms with E-state index >= 15 is 0 Å². The summed E-state index contributed by atoms with van der Waals surface area (Å²) in [6.45, 7) is 9.56. The zero-order valence-electron chi connectivity index (χ0n) is 13.3. The maximum atomic E-state index is 12.4. The van der Waals surface area contributed by atoms with E-state index in [1.54, 1.807) is 4.68 Å². The average Bonchev–Trinajstić information content (AvgIpc) is 3.11. The highest BCUT2D eigenvalue weighted by atomic mass is 16.1. The number of aryl methyl sites for hydroxylation is 1. The molecule has 118 valence electrons. The summed E-state index contributed by atoms with van der Waals surface area (Å²) < 4.78 is 1.79. The van der Waals surface area contributed by atoms with Crippen LogP contribution in [-0.2, 0) is 11.8 Å². The average molecular weight is 293 g/mol. The highest BCUT2D eigenvalue weighted by Crippen LogP contribution is 2.27. The van der Waals surface area contributed by atoms with Crippen LogP contribution < -0.4 is 10.6 Å². The first-order valence-corrected chi connectivity index (χ1v) is 7.85. The number of hydrogen-bond acceptors (Lipinski definition) is 4. The van der Waals surface area contributed by atoms with Gasteiger partial charge in [-0.25, -0.2) is 0 Å². The molecule has 6 heteroatoms. The van der Waals surface area contributed by atoms with Crippen LogP contribution >= 0.6 is 0 Å². The summed E-state index contributed by atoms with van der Waals surface area (Å²) in [5.41, 5.74) is 1.14. The fourth-order valence-electron chi connectivity index (χ4n) is 2.94. The zero-order chi connectivity index (χ0) is 15.2. The second-order valence-electron chi connectivity index (χ2n) is 5.64. The molecule has 1 saturated heterocycles. The largest absolute Gasteiger partial charge is 0.355 e. The van der Waals surface area contributed by atoms with E-state index in [4.69, 9.17) is 0 Å². The van der Waals surface area contributed by atoms with Crippen molar-refractivity contribution in [3.8, 4) is 0 Å². The molecule has 0 aliphatic carbocycles. The number of rotatable bonds is 7. The standard InChI is InChI=1S/C15H27N5O/c1-4-20(5-2)7-6-17-15(21)14-10-16-9-13(14)12-8-18-19(3)11-12/h8,11,13-14,16H,4-7,9-10H2,1-3H3,(H,17,21)/t13-,14+/m1/s1. The van der Waals surface area contributed by atoms with Gasteiger partial charge in [-0.1, -0.05) is 13.8 Å². The lowest BCUT2D eigenvalue weighted by atomic mass is 9.90. The van der Waals surface area contributed by atoms with Crippen LogP contribution in [0, 0.1) is 5.92 Å². The number of aromatic nitrogens is 2. The van der Waals surface area contributed by atoms with Crippen molar-refractivity contribution in [3.05, 3.63) is 18.0 Å². The van der Waals surface area contributed by atoms with Gasteiger partial charge in [-0.3, -0.25) is 9.48 Å². The molecule has 0 aromatic carbocycles. The van der Waals surface area contributed by atoms with Gasteiger partial charge in [0.05, 0.1) is 12.1 Å². The Bertz CT molecular complexity index is 455.